The van der Waals surface area contributed by atoms with Gasteiger partial charge in [0.1, 0.15) is 5.84 Å². The summed E-state index contributed by atoms with van der Waals surface area (Å²) in [7, 11) is 0. The summed E-state index contributed by atoms with van der Waals surface area (Å²) < 4.78 is 0. The van der Waals surface area contributed by atoms with Crippen molar-refractivity contribution in [1.29, 1.82) is 0 Å². The van der Waals surface area contributed by atoms with Crippen molar-refractivity contribution in [2.24, 2.45) is 4.99 Å². The summed E-state index contributed by atoms with van der Waals surface area (Å²) in [4.78, 5) is 7.05. The van der Waals surface area contributed by atoms with Crippen LogP contribution in [-0.2, 0) is 0 Å². The lowest BCUT2D eigenvalue weighted by Gasteiger charge is -2.29. The first-order valence-corrected chi connectivity index (χ1v) is 10.4. The Hall–Kier alpha value is -2.56. The van der Waals surface area contributed by atoms with Gasteiger partial charge in [0, 0.05) is 48.7 Å². The van der Waals surface area contributed by atoms with E-state index >= 15 is 0 Å². The summed E-state index contributed by atoms with van der Waals surface area (Å²) in [6, 6.07) is 8.51. The monoisotopic (exact) mass is 408 g/mol. The van der Waals surface area contributed by atoms with Crippen LogP contribution in [0.1, 0.15) is 25.0 Å². The molecular weight excluding hydrogens is 380 g/mol. The number of benzene rings is 1. The molecule has 2 aliphatic heterocycles. The molecule has 1 aromatic carbocycles. The predicted octanol–water partition coefficient (Wildman–Crippen LogP) is 4.44. The molecule has 0 spiro atoms. The average molecular weight is 409 g/mol. The number of rotatable bonds is 4. The number of hydrogen-bond donors (Lipinski definition) is 2. The van der Waals surface area contributed by atoms with E-state index in [9.17, 15) is 0 Å². The van der Waals surface area contributed by atoms with E-state index in [0.29, 0.717) is 11.6 Å². The number of allylic oxidation sites excluding steroid dienone is 8. The first-order valence-electron chi connectivity index (χ1n) is 10.0. The first-order chi connectivity index (χ1) is 14.1. The summed E-state index contributed by atoms with van der Waals surface area (Å²) in [6.45, 7) is 9.18. The largest absolute Gasteiger partial charge is 0.372 e. The Balaban J connectivity index is 1.69. The molecule has 0 atom stereocenters. The van der Waals surface area contributed by atoms with Crippen molar-refractivity contribution in [3.63, 3.8) is 0 Å². The molecule has 1 aromatic rings. The number of nitrogens with one attached hydrogen (secondary N) is 2. The van der Waals surface area contributed by atoms with Crippen molar-refractivity contribution in [3.05, 3.63) is 88.8 Å². The van der Waals surface area contributed by atoms with Crippen LogP contribution in [0.3, 0.4) is 0 Å². The van der Waals surface area contributed by atoms with E-state index < -0.39 is 0 Å². The van der Waals surface area contributed by atoms with Gasteiger partial charge in [-0.2, -0.15) is 0 Å². The summed E-state index contributed by atoms with van der Waals surface area (Å²) >= 11 is 6.04. The van der Waals surface area contributed by atoms with Crippen LogP contribution in [0.5, 0.6) is 0 Å². The second-order valence-electron chi connectivity index (χ2n) is 7.12. The molecule has 3 rings (SSSR count). The molecule has 1 saturated heterocycles. The molecule has 0 bridgehead atoms. The Morgan fingerprint density at radius 3 is 2.62 bits per heavy atom. The van der Waals surface area contributed by atoms with Gasteiger partial charge in [0.25, 0.3) is 0 Å². The molecule has 2 heterocycles. The third-order valence-electron chi connectivity index (χ3n) is 5.01. The lowest BCUT2D eigenvalue weighted by atomic mass is 10.0. The Kier molecular flexibility index (Phi) is 7.91. The van der Waals surface area contributed by atoms with Crippen LogP contribution >= 0.6 is 11.6 Å². The SMILES string of the molecule is C/C(=C\C=C(/C)N1CCNCC1)c1ccc(C2=NC/C=C/C(Cl)=C\C=C\N2)cc1. The van der Waals surface area contributed by atoms with E-state index in [1.807, 2.05) is 30.5 Å². The van der Waals surface area contributed by atoms with Crippen molar-refractivity contribution >= 4 is 23.0 Å². The zero-order valence-electron chi connectivity index (χ0n) is 17.2. The fourth-order valence-corrected chi connectivity index (χ4v) is 3.37. The molecule has 0 radical (unpaired) electrons. The molecule has 152 valence electrons. The molecule has 2 aliphatic rings. The van der Waals surface area contributed by atoms with E-state index in [4.69, 9.17) is 11.6 Å². The van der Waals surface area contributed by atoms with Crippen molar-refractivity contribution < 1.29 is 0 Å². The van der Waals surface area contributed by atoms with Gasteiger partial charge < -0.3 is 15.5 Å². The number of piperazine rings is 1. The van der Waals surface area contributed by atoms with E-state index in [1.54, 1.807) is 0 Å². The molecule has 0 aromatic heterocycles. The van der Waals surface area contributed by atoms with Gasteiger partial charge in [-0.3, -0.25) is 4.99 Å². The van der Waals surface area contributed by atoms with Gasteiger partial charge >= 0.3 is 0 Å². The molecular formula is C24H29ClN4. The van der Waals surface area contributed by atoms with Crippen molar-refractivity contribution in [1.82, 2.24) is 15.5 Å². The molecule has 1 fully saturated rings. The lowest BCUT2D eigenvalue weighted by molar-refractivity contribution is 0.300. The number of halogens is 1. The minimum absolute atomic E-state index is 0.580. The molecule has 0 amide bonds. The quantitative estimate of drug-likeness (QED) is 0.723. The summed E-state index contributed by atoms with van der Waals surface area (Å²) in [5.41, 5.74) is 4.83. The van der Waals surface area contributed by atoms with Crippen LogP contribution < -0.4 is 10.6 Å². The maximum absolute atomic E-state index is 6.04. The fraction of sp³-hybridized carbons (Fsp3) is 0.292. The van der Waals surface area contributed by atoms with Crippen LogP contribution in [0, 0.1) is 0 Å². The number of amidine groups is 1. The Morgan fingerprint density at radius 2 is 1.86 bits per heavy atom. The Morgan fingerprint density at radius 1 is 1.10 bits per heavy atom. The predicted molar refractivity (Wildman–Crippen MR) is 125 cm³/mol. The number of nitrogens with zero attached hydrogens (tertiary/aromatic N) is 2. The normalized spacial score (nSPS) is 22.8. The highest BCUT2D eigenvalue weighted by Gasteiger charge is 2.08. The summed E-state index contributed by atoms with van der Waals surface area (Å²) in [5, 5.41) is 7.33. The van der Waals surface area contributed by atoms with Crippen molar-refractivity contribution in [3.8, 4) is 0 Å². The van der Waals surface area contributed by atoms with Crippen LogP contribution in [0.15, 0.2) is 82.6 Å². The molecule has 0 saturated carbocycles. The fourth-order valence-electron chi connectivity index (χ4n) is 3.21. The number of aliphatic imine (C=N–C) groups is 1. The lowest BCUT2D eigenvalue weighted by Crippen LogP contribution is -2.42. The topological polar surface area (TPSA) is 39.7 Å². The maximum atomic E-state index is 6.04. The number of hydrogen-bond acceptors (Lipinski definition) is 4. The molecule has 5 heteroatoms. The molecule has 29 heavy (non-hydrogen) atoms. The van der Waals surface area contributed by atoms with Crippen LogP contribution in [0.4, 0.5) is 0 Å². The molecule has 0 unspecified atom stereocenters. The van der Waals surface area contributed by atoms with E-state index in [0.717, 1.165) is 37.6 Å². The smallest absolute Gasteiger partial charge is 0.132 e. The zero-order chi connectivity index (χ0) is 20.5. The standard InChI is InChI=1S/C24H29ClN4/c1-19(7-8-20(2)29-17-15-26-16-18-29)21-9-11-22(12-10-21)24-27-13-3-5-23(25)6-4-14-28-24/h3-13,26H,14-18H2,1-2H3,(H,27,28)/b6-4+,13-3+,19-7+,20-8+,23-5+. The van der Waals surface area contributed by atoms with E-state index in [1.165, 1.54) is 16.8 Å². The highest BCUT2D eigenvalue weighted by Crippen LogP contribution is 2.16. The van der Waals surface area contributed by atoms with Crippen molar-refractivity contribution in [2.75, 3.05) is 32.7 Å². The zero-order valence-corrected chi connectivity index (χ0v) is 17.9. The second-order valence-corrected chi connectivity index (χ2v) is 7.56. The highest BCUT2D eigenvalue weighted by atomic mass is 35.5. The third-order valence-corrected chi connectivity index (χ3v) is 5.26. The van der Waals surface area contributed by atoms with Gasteiger partial charge in [0.2, 0.25) is 0 Å². The summed E-state index contributed by atoms with van der Waals surface area (Å²) in [5.74, 6) is 0.847. The molecule has 0 aliphatic carbocycles. The van der Waals surface area contributed by atoms with Gasteiger partial charge in [0.05, 0.1) is 6.54 Å². The average Bonchev–Trinajstić information content (AvgIpc) is 2.77. The Bertz CT molecular complexity index is 867. The third kappa shape index (κ3) is 6.48. The van der Waals surface area contributed by atoms with E-state index in [-0.39, 0.29) is 0 Å². The van der Waals surface area contributed by atoms with Gasteiger partial charge in [-0.15, -0.1) is 0 Å². The molecule has 2 N–H and O–H groups in total. The van der Waals surface area contributed by atoms with Crippen molar-refractivity contribution in [2.45, 2.75) is 13.8 Å². The minimum atomic E-state index is 0.580. The summed E-state index contributed by atoms with van der Waals surface area (Å²) in [6.07, 6.45) is 13.8. The first kappa shape index (κ1) is 21.2. The van der Waals surface area contributed by atoms with Crippen LogP contribution in [0.2, 0.25) is 0 Å². The molecule has 4 nitrogen and oxygen atoms in total. The van der Waals surface area contributed by atoms with Gasteiger partial charge in [0.15, 0.2) is 0 Å². The maximum Gasteiger partial charge on any atom is 0.132 e. The van der Waals surface area contributed by atoms with E-state index in [2.05, 4.69) is 70.8 Å². The second kappa shape index (κ2) is 10.8. The van der Waals surface area contributed by atoms with Crippen LogP contribution in [-0.4, -0.2) is 43.5 Å². The van der Waals surface area contributed by atoms with Gasteiger partial charge in [-0.05, 0) is 49.3 Å². The highest BCUT2D eigenvalue weighted by molar-refractivity contribution is 6.31. The Labute approximate surface area is 179 Å². The minimum Gasteiger partial charge on any atom is -0.372 e. The van der Waals surface area contributed by atoms with Gasteiger partial charge in [-0.1, -0.05) is 48.0 Å². The van der Waals surface area contributed by atoms with Gasteiger partial charge in [-0.25, -0.2) is 0 Å². The van der Waals surface area contributed by atoms with Crippen LogP contribution in [0.25, 0.3) is 5.57 Å².